The first kappa shape index (κ1) is 24.7. The minimum absolute atomic E-state index is 0.0998. The van der Waals surface area contributed by atoms with Gasteiger partial charge in [0.15, 0.2) is 5.11 Å². The van der Waals surface area contributed by atoms with Gasteiger partial charge in [0.25, 0.3) is 11.8 Å². The smallest absolute Gasteiger partial charge is 0.261 e. The second kappa shape index (κ2) is 12.9. The van der Waals surface area contributed by atoms with Gasteiger partial charge in [0, 0.05) is 24.4 Å². The van der Waals surface area contributed by atoms with Gasteiger partial charge in [0.05, 0.1) is 18.3 Å². The summed E-state index contributed by atoms with van der Waals surface area (Å²) >= 11 is 5.29. The molecule has 0 aromatic heterocycles. The Morgan fingerprint density at radius 2 is 1.88 bits per heavy atom. The molecule has 1 saturated heterocycles. The minimum Gasteiger partial charge on any atom is -0.493 e. The molecular weight excluding hydrogens is 438 g/mol. The fourth-order valence-corrected chi connectivity index (χ4v) is 3.68. The van der Waals surface area contributed by atoms with E-state index in [2.05, 4.69) is 22.9 Å². The Bertz CT molecular complexity index is 943. The van der Waals surface area contributed by atoms with Crippen molar-refractivity contribution in [1.29, 1.82) is 0 Å². The number of thiocarbonyl (C=S) groups is 1. The normalized spacial score (nSPS) is 15.0. The van der Waals surface area contributed by atoms with Crippen LogP contribution in [0.15, 0.2) is 48.5 Å². The maximum absolute atomic E-state index is 12.7. The highest BCUT2D eigenvalue weighted by atomic mass is 32.1. The van der Waals surface area contributed by atoms with Crippen LogP contribution in [0.2, 0.25) is 0 Å². The molecule has 8 heteroatoms. The van der Waals surface area contributed by atoms with Crippen LogP contribution in [-0.4, -0.2) is 42.8 Å². The number of para-hydroxylation sites is 1. The van der Waals surface area contributed by atoms with Gasteiger partial charge in [-0.25, -0.2) is 0 Å². The number of ether oxygens (including phenoxy) is 2. The molecule has 33 heavy (non-hydrogen) atoms. The molecule has 7 nitrogen and oxygen atoms in total. The number of anilines is 1. The second-order valence-corrected chi connectivity index (χ2v) is 8.29. The molecule has 2 aromatic rings. The lowest BCUT2D eigenvalue weighted by atomic mass is 10.2. The molecule has 3 rings (SSSR count). The Kier molecular flexibility index (Phi) is 9.65. The van der Waals surface area contributed by atoms with Crippen LogP contribution in [-0.2, 0) is 4.74 Å². The zero-order valence-corrected chi connectivity index (χ0v) is 19.7. The summed E-state index contributed by atoms with van der Waals surface area (Å²) in [5, 5.41) is 8.71. The third-order valence-electron chi connectivity index (χ3n) is 5.28. The third-order valence-corrected chi connectivity index (χ3v) is 5.49. The summed E-state index contributed by atoms with van der Waals surface area (Å²) in [7, 11) is 0. The molecule has 1 atom stereocenters. The molecule has 1 aliphatic rings. The monoisotopic (exact) mass is 469 g/mol. The number of amides is 2. The van der Waals surface area contributed by atoms with Crippen molar-refractivity contribution in [3.8, 4) is 5.75 Å². The van der Waals surface area contributed by atoms with Crippen LogP contribution in [0.1, 0.15) is 59.7 Å². The van der Waals surface area contributed by atoms with Gasteiger partial charge in [-0.15, -0.1) is 0 Å². The molecule has 2 aromatic carbocycles. The lowest BCUT2D eigenvalue weighted by Crippen LogP contribution is -2.34. The van der Waals surface area contributed by atoms with Crippen molar-refractivity contribution < 1.29 is 19.1 Å². The number of unbranched alkanes of at least 4 members (excludes halogenated alkanes) is 2. The number of nitrogens with one attached hydrogen (secondary N) is 3. The van der Waals surface area contributed by atoms with Crippen LogP contribution in [0, 0.1) is 0 Å². The van der Waals surface area contributed by atoms with Gasteiger partial charge in [0.2, 0.25) is 0 Å². The lowest BCUT2D eigenvalue weighted by Gasteiger charge is -2.13. The highest BCUT2D eigenvalue weighted by molar-refractivity contribution is 7.80. The Morgan fingerprint density at radius 3 is 2.61 bits per heavy atom. The van der Waals surface area contributed by atoms with E-state index in [-0.39, 0.29) is 23.0 Å². The maximum atomic E-state index is 12.7. The van der Waals surface area contributed by atoms with Crippen LogP contribution in [0.5, 0.6) is 5.75 Å². The topological polar surface area (TPSA) is 88.7 Å². The largest absolute Gasteiger partial charge is 0.493 e. The molecule has 1 aliphatic heterocycles. The summed E-state index contributed by atoms with van der Waals surface area (Å²) in [6, 6.07) is 14.0. The summed E-state index contributed by atoms with van der Waals surface area (Å²) in [6.45, 7) is 3.96. The summed E-state index contributed by atoms with van der Waals surface area (Å²) in [4.78, 5) is 25.0. The molecule has 0 bridgehead atoms. The quantitative estimate of drug-likeness (QED) is 0.355. The van der Waals surface area contributed by atoms with E-state index >= 15 is 0 Å². The molecule has 2 amide bonds. The lowest BCUT2D eigenvalue weighted by molar-refractivity contribution is 0.0857. The first-order chi connectivity index (χ1) is 16.1. The minimum atomic E-state index is -0.344. The molecule has 0 spiro atoms. The molecule has 0 aliphatic carbocycles. The standard InChI is InChI=1S/C25H31N3O4S/c1-2-3-6-15-32-22-10-5-4-9-21(22)24(30)28-25(33)27-19-13-11-18(12-14-19)23(29)26-17-20-8-7-16-31-20/h4-5,9-14,20H,2-3,6-8,15-17H2,1H3,(H,26,29)(H2,27,28,30,33). The van der Waals surface area contributed by atoms with Crippen LogP contribution in [0.25, 0.3) is 0 Å². The van der Waals surface area contributed by atoms with Crippen molar-refractivity contribution in [2.45, 2.75) is 45.1 Å². The molecule has 0 saturated carbocycles. The highest BCUT2D eigenvalue weighted by Crippen LogP contribution is 2.19. The van der Waals surface area contributed by atoms with Crippen molar-refractivity contribution in [1.82, 2.24) is 10.6 Å². The van der Waals surface area contributed by atoms with E-state index < -0.39 is 0 Å². The van der Waals surface area contributed by atoms with Crippen molar-refractivity contribution >= 4 is 34.8 Å². The van der Waals surface area contributed by atoms with Crippen molar-refractivity contribution in [2.75, 3.05) is 25.1 Å². The summed E-state index contributed by atoms with van der Waals surface area (Å²) < 4.78 is 11.3. The highest BCUT2D eigenvalue weighted by Gasteiger charge is 2.17. The van der Waals surface area contributed by atoms with E-state index in [1.807, 2.05) is 6.07 Å². The van der Waals surface area contributed by atoms with Crippen LogP contribution in [0.4, 0.5) is 5.69 Å². The van der Waals surface area contributed by atoms with Gasteiger partial charge >= 0.3 is 0 Å². The Morgan fingerprint density at radius 1 is 1.09 bits per heavy atom. The zero-order chi connectivity index (χ0) is 23.5. The molecule has 1 fully saturated rings. The van der Waals surface area contributed by atoms with Crippen LogP contribution in [0.3, 0.4) is 0 Å². The third kappa shape index (κ3) is 7.83. The molecule has 1 heterocycles. The van der Waals surface area contributed by atoms with Gasteiger partial charge in [-0.3, -0.25) is 14.9 Å². The van der Waals surface area contributed by atoms with Crippen molar-refractivity contribution in [3.63, 3.8) is 0 Å². The number of carbonyl (C=O) groups is 2. The summed E-state index contributed by atoms with van der Waals surface area (Å²) in [5.74, 6) is 0.0412. The molecule has 1 unspecified atom stereocenters. The Hall–Kier alpha value is -2.97. The van der Waals surface area contributed by atoms with Crippen molar-refractivity contribution in [3.05, 3.63) is 59.7 Å². The molecule has 0 radical (unpaired) electrons. The SMILES string of the molecule is CCCCCOc1ccccc1C(=O)NC(=S)Nc1ccc(C(=O)NCC2CCCO2)cc1. The first-order valence-corrected chi connectivity index (χ1v) is 11.8. The fraction of sp³-hybridized carbons (Fsp3) is 0.400. The number of hydrogen-bond donors (Lipinski definition) is 3. The Balaban J connectivity index is 1.49. The fourth-order valence-electron chi connectivity index (χ4n) is 3.47. The van der Waals surface area contributed by atoms with E-state index in [0.717, 1.165) is 38.7 Å². The second-order valence-electron chi connectivity index (χ2n) is 7.88. The van der Waals surface area contributed by atoms with E-state index in [1.54, 1.807) is 42.5 Å². The van der Waals surface area contributed by atoms with Gasteiger partial charge in [-0.1, -0.05) is 31.9 Å². The van der Waals surface area contributed by atoms with E-state index in [0.29, 0.717) is 35.7 Å². The Labute approximate surface area is 200 Å². The average molecular weight is 470 g/mol. The molecule has 3 N–H and O–H groups in total. The van der Waals surface area contributed by atoms with Crippen LogP contribution < -0.4 is 20.7 Å². The van der Waals surface area contributed by atoms with Gasteiger partial charge in [0.1, 0.15) is 5.75 Å². The number of benzene rings is 2. The molecule has 176 valence electrons. The number of rotatable bonds is 10. The average Bonchev–Trinajstić information content (AvgIpc) is 3.35. The summed E-state index contributed by atoms with van der Waals surface area (Å²) in [6.07, 6.45) is 5.23. The summed E-state index contributed by atoms with van der Waals surface area (Å²) in [5.41, 5.74) is 1.64. The number of hydrogen-bond acceptors (Lipinski definition) is 5. The van der Waals surface area contributed by atoms with Gasteiger partial charge in [-0.05, 0) is 67.9 Å². The van der Waals surface area contributed by atoms with Gasteiger partial charge < -0.3 is 20.1 Å². The van der Waals surface area contributed by atoms with E-state index in [1.165, 1.54) is 0 Å². The van der Waals surface area contributed by atoms with E-state index in [9.17, 15) is 9.59 Å². The maximum Gasteiger partial charge on any atom is 0.261 e. The predicted octanol–water partition coefficient (Wildman–Crippen LogP) is 4.29. The van der Waals surface area contributed by atoms with Crippen molar-refractivity contribution in [2.24, 2.45) is 0 Å². The number of carbonyl (C=O) groups excluding carboxylic acids is 2. The van der Waals surface area contributed by atoms with Crippen LogP contribution >= 0.6 is 12.2 Å². The first-order valence-electron chi connectivity index (χ1n) is 11.4. The molecular formula is C25H31N3O4S. The predicted molar refractivity (Wildman–Crippen MR) is 133 cm³/mol. The van der Waals surface area contributed by atoms with Gasteiger partial charge in [-0.2, -0.15) is 0 Å². The van der Waals surface area contributed by atoms with E-state index in [4.69, 9.17) is 21.7 Å². The zero-order valence-electron chi connectivity index (χ0n) is 18.9.